The van der Waals surface area contributed by atoms with E-state index in [-0.39, 0.29) is 11.9 Å². The van der Waals surface area contributed by atoms with Gasteiger partial charge < -0.3 is 10.1 Å². The van der Waals surface area contributed by atoms with Gasteiger partial charge in [-0.3, -0.25) is 0 Å². The van der Waals surface area contributed by atoms with Crippen molar-refractivity contribution in [3.05, 3.63) is 63.9 Å². The minimum absolute atomic E-state index is 0.147. The first-order chi connectivity index (χ1) is 9.60. The zero-order valence-electron chi connectivity index (χ0n) is 11.5. The molecule has 0 saturated heterocycles. The molecular formula is C16H17BrFNO. The molecule has 0 bridgehead atoms. The summed E-state index contributed by atoms with van der Waals surface area (Å²) in [7, 11) is 1.65. The van der Waals surface area contributed by atoms with Crippen LogP contribution in [-0.2, 0) is 6.54 Å². The van der Waals surface area contributed by atoms with E-state index in [1.807, 2.05) is 18.2 Å². The van der Waals surface area contributed by atoms with Crippen LogP contribution >= 0.6 is 15.9 Å². The van der Waals surface area contributed by atoms with Gasteiger partial charge in [-0.1, -0.05) is 28.1 Å². The Hall–Kier alpha value is -1.39. The number of halogens is 2. The molecule has 0 aliphatic rings. The summed E-state index contributed by atoms with van der Waals surface area (Å²) in [5, 5.41) is 3.42. The smallest absolute Gasteiger partial charge is 0.123 e. The molecule has 106 valence electrons. The van der Waals surface area contributed by atoms with E-state index in [1.54, 1.807) is 19.2 Å². The summed E-state index contributed by atoms with van der Waals surface area (Å²) in [6.07, 6.45) is 0. The summed E-state index contributed by atoms with van der Waals surface area (Å²) in [5.74, 6) is 0.621. The summed E-state index contributed by atoms with van der Waals surface area (Å²) < 4.78 is 19.2. The molecular weight excluding hydrogens is 321 g/mol. The highest BCUT2D eigenvalue weighted by molar-refractivity contribution is 9.10. The first-order valence-corrected chi connectivity index (χ1v) is 7.20. The molecule has 2 aromatic rings. The molecule has 0 fully saturated rings. The van der Waals surface area contributed by atoms with Crippen LogP contribution in [-0.4, -0.2) is 7.11 Å². The van der Waals surface area contributed by atoms with Gasteiger partial charge in [-0.15, -0.1) is 0 Å². The van der Waals surface area contributed by atoms with E-state index < -0.39 is 0 Å². The second kappa shape index (κ2) is 6.86. The normalized spacial score (nSPS) is 12.2. The van der Waals surface area contributed by atoms with Crippen LogP contribution in [0.5, 0.6) is 5.75 Å². The maximum Gasteiger partial charge on any atom is 0.123 e. The topological polar surface area (TPSA) is 21.3 Å². The molecule has 0 spiro atoms. The molecule has 0 radical (unpaired) electrons. The fourth-order valence-electron chi connectivity index (χ4n) is 1.95. The third-order valence-electron chi connectivity index (χ3n) is 3.22. The molecule has 1 atom stereocenters. The highest BCUT2D eigenvalue weighted by Crippen LogP contribution is 2.23. The Labute approximate surface area is 127 Å². The SMILES string of the molecule is COc1ccc(Br)c(CN[C@H](C)c2ccc(F)cc2)c1. The maximum atomic E-state index is 12.9. The molecule has 20 heavy (non-hydrogen) atoms. The van der Waals surface area contributed by atoms with E-state index in [4.69, 9.17) is 4.74 Å². The average molecular weight is 338 g/mol. The zero-order valence-corrected chi connectivity index (χ0v) is 13.1. The van der Waals surface area contributed by atoms with E-state index in [0.717, 1.165) is 21.3 Å². The molecule has 2 aromatic carbocycles. The van der Waals surface area contributed by atoms with Crippen molar-refractivity contribution in [1.29, 1.82) is 0 Å². The lowest BCUT2D eigenvalue weighted by Gasteiger charge is -2.15. The predicted molar refractivity (Wildman–Crippen MR) is 82.3 cm³/mol. The van der Waals surface area contributed by atoms with Gasteiger partial charge in [-0.05, 0) is 48.4 Å². The molecule has 0 unspecified atom stereocenters. The van der Waals surface area contributed by atoms with Crippen LogP contribution in [0.3, 0.4) is 0 Å². The first kappa shape index (κ1) is 15.0. The van der Waals surface area contributed by atoms with Crippen molar-refractivity contribution < 1.29 is 9.13 Å². The highest BCUT2D eigenvalue weighted by Gasteiger charge is 2.07. The zero-order chi connectivity index (χ0) is 14.5. The lowest BCUT2D eigenvalue weighted by molar-refractivity contribution is 0.413. The Morgan fingerprint density at radius 1 is 1.20 bits per heavy atom. The van der Waals surface area contributed by atoms with Gasteiger partial charge in [-0.25, -0.2) is 4.39 Å². The quantitative estimate of drug-likeness (QED) is 0.870. The van der Waals surface area contributed by atoms with Crippen LogP contribution in [0, 0.1) is 5.82 Å². The number of benzene rings is 2. The highest BCUT2D eigenvalue weighted by atomic mass is 79.9. The molecule has 1 N–H and O–H groups in total. The van der Waals surface area contributed by atoms with E-state index >= 15 is 0 Å². The van der Waals surface area contributed by atoms with Gasteiger partial charge in [0.25, 0.3) is 0 Å². The average Bonchev–Trinajstić information content (AvgIpc) is 2.47. The Kier molecular flexibility index (Phi) is 5.15. The minimum atomic E-state index is -0.212. The number of hydrogen-bond donors (Lipinski definition) is 1. The molecule has 4 heteroatoms. The van der Waals surface area contributed by atoms with Gasteiger partial charge in [0, 0.05) is 17.1 Å². The Morgan fingerprint density at radius 3 is 2.55 bits per heavy atom. The summed E-state index contributed by atoms with van der Waals surface area (Å²) in [6.45, 7) is 2.76. The van der Waals surface area contributed by atoms with Gasteiger partial charge in [0.1, 0.15) is 11.6 Å². The molecule has 0 aliphatic carbocycles. The van der Waals surface area contributed by atoms with Crippen molar-refractivity contribution in [2.24, 2.45) is 0 Å². The standard InChI is InChI=1S/C16H17BrFNO/c1-11(12-3-5-14(18)6-4-12)19-10-13-9-15(20-2)7-8-16(13)17/h3-9,11,19H,10H2,1-2H3/t11-/m1/s1. The molecule has 2 rings (SSSR count). The lowest BCUT2D eigenvalue weighted by atomic mass is 10.1. The van der Waals surface area contributed by atoms with Crippen LogP contribution in [0.2, 0.25) is 0 Å². The van der Waals surface area contributed by atoms with Crippen LogP contribution in [0.1, 0.15) is 24.1 Å². The lowest BCUT2D eigenvalue weighted by Crippen LogP contribution is -2.18. The Bertz CT molecular complexity index is 571. The van der Waals surface area contributed by atoms with Crippen molar-refractivity contribution in [2.45, 2.75) is 19.5 Å². The fourth-order valence-corrected chi connectivity index (χ4v) is 2.33. The van der Waals surface area contributed by atoms with Gasteiger partial charge in [-0.2, -0.15) is 0 Å². The summed E-state index contributed by atoms with van der Waals surface area (Å²) in [6, 6.07) is 12.6. The third-order valence-corrected chi connectivity index (χ3v) is 4.00. The minimum Gasteiger partial charge on any atom is -0.497 e. The number of rotatable bonds is 5. The van der Waals surface area contributed by atoms with Crippen molar-refractivity contribution in [3.8, 4) is 5.75 Å². The summed E-state index contributed by atoms with van der Waals surface area (Å²) in [5.41, 5.74) is 2.18. The first-order valence-electron chi connectivity index (χ1n) is 6.41. The molecule has 0 aliphatic heterocycles. The number of methoxy groups -OCH3 is 1. The van der Waals surface area contributed by atoms with Crippen molar-refractivity contribution in [2.75, 3.05) is 7.11 Å². The molecule has 0 heterocycles. The molecule has 2 nitrogen and oxygen atoms in total. The Balaban J connectivity index is 2.02. The maximum absolute atomic E-state index is 12.9. The summed E-state index contributed by atoms with van der Waals surface area (Å²) >= 11 is 3.53. The van der Waals surface area contributed by atoms with Crippen molar-refractivity contribution in [3.63, 3.8) is 0 Å². The van der Waals surface area contributed by atoms with Gasteiger partial charge in [0.05, 0.1) is 7.11 Å². The van der Waals surface area contributed by atoms with Gasteiger partial charge in [0.15, 0.2) is 0 Å². The van der Waals surface area contributed by atoms with Gasteiger partial charge >= 0.3 is 0 Å². The Morgan fingerprint density at radius 2 is 1.90 bits per heavy atom. The van der Waals surface area contributed by atoms with Crippen LogP contribution < -0.4 is 10.1 Å². The van der Waals surface area contributed by atoms with Crippen molar-refractivity contribution >= 4 is 15.9 Å². The third kappa shape index (κ3) is 3.81. The second-order valence-electron chi connectivity index (χ2n) is 4.61. The summed E-state index contributed by atoms with van der Waals surface area (Å²) in [4.78, 5) is 0. The van der Waals surface area contributed by atoms with Crippen LogP contribution in [0.15, 0.2) is 46.9 Å². The number of ether oxygens (including phenoxy) is 1. The monoisotopic (exact) mass is 337 g/mol. The molecule has 0 saturated carbocycles. The van der Waals surface area contributed by atoms with Gasteiger partial charge in [0.2, 0.25) is 0 Å². The van der Waals surface area contributed by atoms with Crippen LogP contribution in [0.25, 0.3) is 0 Å². The van der Waals surface area contributed by atoms with Crippen molar-refractivity contribution in [1.82, 2.24) is 5.32 Å². The fraction of sp³-hybridized carbons (Fsp3) is 0.250. The van der Waals surface area contributed by atoms with E-state index in [2.05, 4.69) is 28.2 Å². The van der Waals surface area contributed by atoms with Crippen LogP contribution in [0.4, 0.5) is 4.39 Å². The largest absolute Gasteiger partial charge is 0.497 e. The number of nitrogens with one attached hydrogen (secondary N) is 1. The predicted octanol–water partition coefficient (Wildman–Crippen LogP) is 4.45. The molecule has 0 amide bonds. The second-order valence-corrected chi connectivity index (χ2v) is 5.47. The van der Waals surface area contributed by atoms with E-state index in [0.29, 0.717) is 6.54 Å². The molecule has 0 aromatic heterocycles. The van der Waals surface area contributed by atoms with E-state index in [9.17, 15) is 4.39 Å². The van der Waals surface area contributed by atoms with E-state index in [1.165, 1.54) is 12.1 Å². The number of hydrogen-bond acceptors (Lipinski definition) is 2.